The molecule has 0 aliphatic rings. The SMILES string of the molecule is C=CCn1c(SCC(=O)Nc2nc(-c3ccc(C)cc3)cs2)nnc1[C@H](C)NC(=O)c1ccc(Cl)cc1. The molecule has 0 bridgehead atoms. The summed E-state index contributed by atoms with van der Waals surface area (Å²) in [5.41, 5.74) is 3.48. The summed E-state index contributed by atoms with van der Waals surface area (Å²) in [5.74, 6) is 0.237. The topological polar surface area (TPSA) is 102 Å². The van der Waals surface area contributed by atoms with E-state index in [0.29, 0.717) is 33.2 Å². The van der Waals surface area contributed by atoms with Gasteiger partial charge in [-0.3, -0.25) is 9.59 Å². The molecule has 0 radical (unpaired) electrons. The van der Waals surface area contributed by atoms with Crippen molar-refractivity contribution in [2.24, 2.45) is 0 Å². The fraction of sp³-hybridized carbons (Fsp3) is 0.192. The molecule has 8 nitrogen and oxygen atoms in total. The van der Waals surface area contributed by atoms with Crippen molar-refractivity contribution in [3.8, 4) is 11.3 Å². The average molecular weight is 553 g/mol. The van der Waals surface area contributed by atoms with Gasteiger partial charge in [0.15, 0.2) is 16.1 Å². The number of amides is 2. The van der Waals surface area contributed by atoms with Gasteiger partial charge < -0.3 is 15.2 Å². The minimum absolute atomic E-state index is 0.125. The van der Waals surface area contributed by atoms with E-state index in [9.17, 15) is 9.59 Å². The number of carbonyl (C=O) groups is 2. The number of thiazole rings is 1. The van der Waals surface area contributed by atoms with Crippen LogP contribution < -0.4 is 10.6 Å². The zero-order valence-corrected chi connectivity index (χ0v) is 22.7. The molecule has 2 aromatic carbocycles. The Morgan fingerprint density at radius 2 is 1.89 bits per heavy atom. The zero-order valence-electron chi connectivity index (χ0n) is 20.3. The Balaban J connectivity index is 1.37. The lowest BCUT2D eigenvalue weighted by Crippen LogP contribution is -2.28. The molecule has 2 heterocycles. The number of allylic oxidation sites excluding steroid dienone is 1. The first-order valence-electron chi connectivity index (χ1n) is 11.4. The van der Waals surface area contributed by atoms with Gasteiger partial charge >= 0.3 is 0 Å². The quantitative estimate of drug-likeness (QED) is 0.191. The first-order valence-corrected chi connectivity index (χ1v) is 13.6. The van der Waals surface area contributed by atoms with Gasteiger partial charge in [-0.2, -0.15) is 0 Å². The fourth-order valence-corrected chi connectivity index (χ4v) is 5.06. The van der Waals surface area contributed by atoms with Crippen LogP contribution in [0.2, 0.25) is 5.02 Å². The Hall–Kier alpha value is -3.47. The molecule has 190 valence electrons. The maximum Gasteiger partial charge on any atom is 0.251 e. The number of hydrogen-bond donors (Lipinski definition) is 2. The third kappa shape index (κ3) is 6.85. The van der Waals surface area contributed by atoms with E-state index >= 15 is 0 Å². The number of hydrogen-bond acceptors (Lipinski definition) is 7. The average Bonchev–Trinajstić information content (AvgIpc) is 3.51. The lowest BCUT2D eigenvalue weighted by Gasteiger charge is -2.15. The third-order valence-electron chi connectivity index (χ3n) is 5.33. The van der Waals surface area contributed by atoms with Gasteiger partial charge in [-0.1, -0.05) is 59.3 Å². The number of anilines is 1. The van der Waals surface area contributed by atoms with E-state index in [4.69, 9.17) is 11.6 Å². The van der Waals surface area contributed by atoms with Crippen molar-refractivity contribution in [1.82, 2.24) is 25.1 Å². The predicted molar refractivity (Wildman–Crippen MR) is 149 cm³/mol. The van der Waals surface area contributed by atoms with Crippen LogP contribution in [0.3, 0.4) is 0 Å². The van der Waals surface area contributed by atoms with E-state index in [1.54, 1.807) is 30.3 Å². The van der Waals surface area contributed by atoms with E-state index < -0.39 is 6.04 Å². The molecule has 11 heteroatoms. The highest BCUT2D eigenvalue weighted by Gasteiger charge is 2.21. The molecule has 1 atom stereocenters. The highest BCUT2D eigenvalue weighted by Crippen LogP contribution is 2.26. The molecule has 2 aromatic heterocycles. The third-order valence-corrected chi connectivity index (χ3v) is 7.31. The van der Waals surface area contributed by atoms with Gasteiger partial charge in [-0.15, -0.1) is 28.1 Å². The van der Waals surface area contributed by atoms with E-state index in [1.807, 2.05) is 48.1 Å². The second kappa shape index (κ2) is 12.2. The van der Waals surface area contributed by atoms with Crippen molar-refractivity contribution < 1.29 is 9.59 Å². The lowest BCUT2D eigenvalue weighted by molar-refractivity contribution is -0.113. The van der Waals surface area contributed by atoms with E-state index in [-0.39, 0.29) is 17.6 Å². The Labute approximate surface area is 228 Å². The van der Waals surface area contributed by atoms with Gasteiger partial charge in [-0.25, -0.2) is 4.98 Å². The number of carbonyl (C=O) groups excluding carboxylic acids is 2. The number of nitrogens with one attached hydrogen (secondary N) is 2. The molecule has 2 N–H and O–H groups in total. The molecular weight excluding hydrogens is 528 g/mol. The number of benzene rings is 2. The molecule has 37 heavy (non-hydrogen) atoms. The summed E-state index contributed by atoms with van der Waals surface area (Å²) >= 11 is 8.54. The summed E-state index contributed by atoms with van der Waals surface area (Å²) in [5, 5.41) is 17.8. The number of nitrogens with zero attached hydrogens (tertiary/aromatic N) is 4. The van der Waals surface area contributed by atoms with Crippen molar-refractivity contribution in [3.05, 3.63) is 88.5 Å². The molecule has 0 fully saturated rings. The molecule has 0 aliphatic carbocycles. The normalized spacial score (nSPS) is 11.6. The highest BCUT2D eigenvalue weighted by molar-refractivity contribution is 7.99. The molecule has 0 saturated heterocycles. The van der Waals surface area contributed by atoms with Crippen LogP contribution in [0.15, 0.2) is 71.7 Å². The number of halogens is 1. The second-order valence-corrected chi connectivity index (χ2v) is 10.4. The molecule has 2 amide bonds. The minimum Gasteiger partial charge on any atom is -0.342 e. The number of thioether (sulfide) groups is 1. The van der Waals surface area contributed by atoms with Crippen LogP contribution in [0.25, 0.3) is 11.3 Å². The molecule has 0 spiro atoms. The summed E-state index contributed by atoms with van der Waals surface area (Å²) in [6.07, 6.45) is 1.72. The second-order valence-electron chi connectivity index (χ2n) is 8.18. The predicted octanol–water partition coefficient (Wildman–Crippen LogP) is 5.77. The van der Waals surface area contributed by atoms with Crippen LogP contribution in [0.5, 0.6) is 0 Å². The molecule has 4 aromatic rings. The van der Waals surface area contributed by atoms with Crippen LogP contribution in [0.4, 0.5) is 5.13 Å². The first kappa shape index (κ1) is 26.6. The van der Waals surface area contributed by atoms with Crippen molar-refractivity contribution in [3.63, 3.8) is 0 Å². The van der Waals surface area contributed by atoms with E-state index in [2.05, 4.69) is 32.4 Å². The minimum atomic E-state index is -0.422. The van der Waals surface area contributed by atoms with E-state index in [0.717, 1.165) is 11.3 Å². The first-order chi connectivity index (χ1) is 17.8. The van der Waals surface area contributed by atoms with Crippen LogP contribution in [-0.4, -0.2) is 37.3 Å². The van der Waals surface area contributed by atoms with Crippen molar-refractivity contribution >= 4 is 51.6 Å². The van der Waals surface area contributed by atoms with Crippen molar-refractivity contribution in [2.75, 3.05) is 11.1 Å². The summed E-state index contributed by atoms with van der Waals surface area (Å²) in [6.45, 7) is 8.09. The van der Waals surface area contributed by atoms with Gasteiger partial charge in [-0.05, 0) is 38.1 Å². The summed E-state index contributed by atoms with van der Waals surface area (Å²) in [4.78, 5) is 29.7. The smallest absolute Gasteiger partial charge is 0.251 e. The van der Waals surface area contributed by atoms with Crippen LogP contribution in [0, 0.1) is 6.92 Å². The van der Waals surface area contributed by atoms with Gasteiger partial charge in [0.1, 0.15) is 0 Å². The molecule has 0 aliphatic heterocycles. The van der Waals surface area contributed by atoms with Crippen molar-refractivity contribution in [2.45, 2.75) is 31.6 Å². The monoisotopic (exact) mass is 552 g/mol. The number of aromatic nitrogens is 4. The zero-order chi connectivity index (χ0) is 26.4. The Morgan fingerprint density at radius 3 is 2.59 bits per heavy atom. The number of aryl methyl sites for hydroxylation is 1. The maximum atomic E-state index is 12.6. The molecule has 4 rings (SSSR count). The summed E-state index contributed by atoms with van der Waals surface area (Å²) in [7, 11) is 0. The number of rotatable bonds is 10. The Kier molecular flexibility index (Phi) is 8.75. The fourth-order valence-electron chi connectivity index (χ4n) is 3.45. The highest BCUT2D eigenvalue weighted by atomic mass is 35.5. The van der Waals surface area contributed by atoms with Crippen molar-refractivity contribution in [1.29, 1.82) is 0 Å². The molecule has 0 unspecified atom stereocenters. The molecular formula is C26H25ClN6O2S2. The van der Waals surface area contributed by atoms with Crippen LogP contribution in [0.1, 0.15) is 34.7 Å². The lowest BCUT2D eigenvalue weighted by atomic mass is 10.1. The van der Waals surface area contributed by atoms with E-state index in [1.165, 1.54) is 28.7 Å². The standard InChI is InChI=1S/C26H25ClN6O2S2/c1-4-13-33-23(17(3)28-24(35)19-9-11-20(27)12-10-19)31-32-26(33)37-15-22(34)30-25-29-21(14-36-25)18-7-5-16(2)6-8-18/h4-12,14,17H,1,13,15H2,2-3H3,(H,28,35)(H,29,30,34)/t17-/m0/s1. The van der Waals surface area contributed by atoms with Gasteiger partial charge in [0.25, 0.3) is 5.91 Å². The summed E-state index contributed by atoms with van der Waals surface area (Å²) < 4.78 is 1.83. The molecule has 0 saturated carbocycles. The Morgan fingerprint density at radius 1 is 1.16 bits per heavy atom. The van der Waals surface area contributed by atoms with Gasteiger partial charge in [0.05, 0.1) is 17.5 Å². The van der Waals surface area contributed by atoms with Crippen LogP contribution >= 0.6 is 34.7 Å². The van der Waals surface area contributed by atoms with Gasteiger partial charge in [0.2, 0.25) is 5.91 Å². The Bertz CT molecular complexity index is 1400. The largest absolute Gasteiger partial charge is 0.342 e. The maximum absolute atomic E-state index is 12.6. The van der Waals surface area contributed by atoms with Crippen LogP contribution in [-0.2, 0) is 11.3 Å². The van der Waals surface area contributed by atoms with Gasteiger partial charge in [0, 0.05) is 28.1 Å². The summed E-state index contributed by atoms with van der Waals surface area (Å²) in [6, 6.07) is 14.3.